The van der Waals surface area contributed by atoms with Gasteiger partial charge in [0.1, 0.15) is 11.6 Å². The van der Waals surface area contributed by atoms with E-state index < -0.39 is 5.91 Å². The highest BCUT2D eigenvalue weighted by atomic mass is 35.5. The summed E-state index contributed by atoms with van der Waals surface area (Å²) in [5.74, 6) is 0.481. The van der Waals surface area contributed by atoms with Gasteiger partial charge in [-0.25, -0.2) is 0 Å². The molecule has 0 radical (unpaired) electrons. The highest BCUT2D eigenvalue weighted by molar-refractivity contribution is 7.99. The summed E-state index contributed by atoms with van der Waals surface area (Å²) in [6, 6.07) is 5.08. The zero-order chi connectivity index (χ0) is 20.8. The molecule has 0 spiro atoms. The van der Waals surface area contributed by atoms with Crippen LogP contribution in [0.1, 0.15) is 54.3 Å². The molecule has 1 aromatic heterocycles. The summed E-state index contributed by atoms with van der Waals surface area (Å²) in [7, 11) is 1.46. The lowest BCUT2D eigenvalue weighted by atomic mass is 9.95. The van der Waals surface area contributed by atoms with Crippen LogP contribution in [0.3, 0.4) is 0 Å². The van der Waals surface area contributed by atoms with Gasteiger partial charge >= 0.3 is 0 Å². The van der Waals surface area contributed by atoms with Gasteiger partial charge in [-0.05, 0) is 38.0 Å². The first-order valence-electron chi connectivity index (χ1n) is 9.46. The molecule has 2 aromatic rings. The van der Waals surface area contributed by atoms with Crippen LogP contribution in [0.25, 0.3) is 0 Å². The van der Waals surface area contributed by atoms with Crippen LogP contribution in [0.4, 0.5) is 0 Å². The van der Waals surface area contributed by atoms with Gasteiger partial charge in [-0.1, -0.05) is 42.6 Å². The Kier molecular flexibility index (Phi) is 7.38. The number of benzene rings is 1. The molecule has 1 saturated carbocycles. The number of aryl methyl sites for hydroxylation is 1. The van der Waals surface area contributed by atoms with Crippen LogP contribution in [-0.2, 0) is 4.79 Å². The van der Waals surface area contributed by atoms with Crippen LogP contribution in [0.15, 0.2) is 23.4 Å². The molecule has 2 amide bonds. The molecule has 29 heavy (non-hydrogen) atoms. The number of hydrazine groups is 1. The Balaban J connectivity index is 1.55. The minimum absolute atomic E-state index is 0.109. The van der Waals surface area contributed by atoms with Crippen LogP contribution in [0.2, 0.25) is 5.02 Å². The van der Waals surface area contributed by atoms with Crippen LogP contribution >= 0.6 is 23.4 Å². The normalized spacial score (nSPS) is 14.4. The number of carbonyl (C=O) groups is 2. The minimum Gasteiger partial charge on any atom is -0.496 e. The van der Waals surface area contributed by atoms with E-state index in [0.717, 1.165) is 23.8 Å². The van der Waals surface area contributed by atoms with Gasteiger partial charge in [0, 0.05) is 11.1 Å². The molecule has 0 bridgehead atoms. The quantitative estimate of drug-likeness (QED) is 0.531. The Morgan fingerprint density at radius 2 is 2.00 bits per heavy atom. The maximum atomic E-state index is 12.3. The molecular formula is C19H24ClN5O3S. The van der Waals surface area contributed by atoms with Gasteiger partial charge in [-0.2, -0.15) is 0 Å². The van der Waals surface area contributed by atoms with E-state index in [2.05, 4.69) is 25.6 Å². The lowest BCUT2D eigenvalue weighted by Gasteiger charge is -2.24. The third-order valence-corrected chi connectivity index (χ3v) is 6.01. The monoisotopic (exact) mass is 437 g/mol. The Bertz CT molecular complexity index is 883. The van der Waals surface area contributed by atoms with Crippen molar-refractivity contribution in [3.8, 4) is 5.75 Å². The second-order valence-electron chi connectivity index (χ2n) is 6.83. The molecule has 156 valence electrons. The van der Waals surface area contributed by atoms with Crippen molar-refractivity contribution in [2.45, 2.75) is 50.2 Å². The van der Waals surface area contributed by atoms with Gasteiger partial charge in [-0.3, -0.25) is 20.4 Å². The first kappa shape index (κ1) is 21.4. The summed E-state index contributed by atoms with van der Waals surface area (Å²) in [4.78, 5) is 24.5. The largest absolute Gasteiger partial charge is 0.496 e. The summed E-state index contributed by atoms with van der Waals surface area (Å²) in [6.45, 7) is 1.93. The van der Waals surface area contributed by atoms with Crippen molar-refractivity contribution >= 4 is 35.2 Å². The molecule has 2 N–H and O–H groups in total. The maximum absolute atomic E-state index is 12.3. The van der Waals surface area contributed by atoms with E-state index in [4.69, 9.17) is 16.3 Å². The number of ether oxygens (including phenoxy) is 1. The van der Waals surface area contributed by atoms with E-state index >= 15 is 0 Å². The molecule has 1 fully saturated rings. The number of halogens is 1. The molecule has 0 atom stereocenters. The van der Waals surface area contributed by atoms with E-state index in [1.807, 2.05) is 6.92 Å². The third kappa shape index (κ3) is 5.42. The van der Waals surface area contributed by atoms with Crippen molar-refractivity contribution in [1.29, 1.82) is 0 Å². The van der Waals surface area contributed by atoms with E-state index in [0.29, 0.717) is 16.8 Å². The second kappa shape index (κ2) is 9.98. The molecular weight excluding hydrogens is 414 g/mol. The number of methoxy groups -OCH3 is 1. The Labute approximate surface area is 178 Å². The zero-order valence-corrected chi connectivity index (χ0v) is 18.0. The number of hydrogen-bond acceptors (Lipinski definition) is 6. The summed E-state index contributed by atoms with van der Waals surface area (Å²) in [6.07, 6.45) is 5.88. The summed E-state index contributed by atoms with van der Waals surface area (Å²) >= 11 is 7.24. The minimum atomic E-state index is -0.510. The van der Waals surface area contributed by atoms with Crippen molar-refractivity contribution in [2.24, 2.45) is 0 Å². The second-order valence-corrected chi connectivity index (χ2v) is 8.21. The summed E-state index contributed by atoms with van der Waals surface area (Å²) in [5.41, 5.74) is 5.04. The van der Waals surface area contributed by atoms with Gasteiger partial charge in [0.15, 0.2) is 5.16 Å². The SMILES string of the molecule is COc1ccc(Cl)cc1C(=O)NNC(=O)CSc1nnc(C)n1C1CCCCC1. The number of nitrogens with one attached hydrogen (secondary N) is 2. The van der Waals surface area contributed by atoms with Gasteiger partial charge in [-0.15, -0.1) is 10.2 Å². The molecule has 0 aliphatic heterocycles. The molecule has 10 heteroatoms. The zero-order valence-electron chi connectivity index (χ0n) is 16.4. The predicted molar refractivity (Wildman–Crippen MR) is 111 cm³/mol. The number of carbonyl (C=O) groups excluding carboxylic acids is 2. The molecule has 8 nitrogen and oxygen atoms in total. The number of amides is 2. The molecule has 1 aromatic carbocycles. The maximum Gasteiger partial charge on any atom is 0.273 e. The van der Waals surface area contributed by atoms with E-state index in [9.17, 15) is 9.59 Å². The Hall–Kier alpha value is -2.26. The lowest BCUT2D eigenvalue weighted by Crippen LogP contribution is -2.42. The van der Waals surface area contributed by atoms with Crippen molar-refractivity contribution in [3.63, 3.8) is 0 Å². The number of rotatable bonds is 6. The molecule has 0 saturated heterocycles. The number of aromatic nitrogens is 3. The van der Waals surface area contributed by atoms with E-state index in [1.54, 1.807) is 12.1 Å². The van der Waals surface area contributed by atoms with Gasteiger partial charge in [0.25, 0.3) is 5.91 Å². The van der Waals surface area contributed by atoms with E-state index in [-0.39, 0.29) is 17.2 Å². The topological polar surface area (TPSA) is 98.1 Å². The highest BCUT2D eigenvalue weighted by Crippen LogP contribution is 2.32. The standard InChI is InChI=1S/C19H24ClN5O3S/c1-12-21-24-19(25(12)14-6-4-3-5-7-14)29-11-17(26)22-23-18(27)15-10-13(20)8-9-16(15)28-2/h8-10,14H,3-7,11H2,1-2H3,(H,22,26)(H,23,27). The first-order valence-corrected chi connectivity index (χ1v) is 10.8. The predicted octanol–water partition coefficient (Wildman–Crippen LogP) is 3.31. The Morgan fingerprint density at radius 3 is 2.72 bits per heavy atom. The molecule has 1 aliphatic rings. The average Bonchev–Trinajstić information content (AvgIpc) is 3.11. The average molecular weight is 438 g/mol. The van der Waals surface area contributed by atoms with Gasteiger partial charge < -0.3 is 9.30 Å². The van der Waals surface area contributed by atoms with Crippen molar-refractivity contribution in [1.82, 2.24) is 25.6 Å². The van der Waals surface area contributed by atoms with Crippen molar-refractivity contribution < 1.29 is 14.3 Å². The molecule has 3 rings (SSSR count). The van der Waals surface area contributed by atoms with Gasteiger partial charge in [0.05, 0.1) is 18.4 Å². The number of nitrogens with zero attached hydrogens (tertiary/aromatic N) is 3. The summed E-state index contributed by atoms with van der Waals surface area (Å²) in [5, 5.41) is 9.52. The van der Waals surface area contributed by atoms with Crippen molar-refractivity contribution in [2.75, 3.05) is 12.9 Å². The number of thioether (sulfide) groups is 1. The van der Waals surface area contributed by atoms with Crippen LogP contribution in [0, 0.1) is 6.92 Å². The van der Waals surface area contributed by atoms with Crippen molar-refractivity contribution in [3.05, 3.63) is 34.6 Å². The molecule has 1 aliphatic carbocycles. The first-order chi connectivity index (χ1) is 14.0. The fourth-order valence-corrected chi connectivity index (χ4v) is 4.45. The van der Waals surface area contributed by atoms with Crippen LogP contribution in [-0.4, -0.2) is 39.4 Å². The fourth-order valence-electron chi connectivity index (χ4n) is 3.43. The Morgan fingerprint density at radius 1 is 1.24 bits per heavy atom. The summed E-state index contributed by atoms with van der Waals surface area (Å²) < 4.78 is 7.28. The smallest absolute Gasteiger partial charge is 0.273 e. The van der Waals surface area contributed by atoms with E-state index in [1.165, 1.54) is 44.2 Å². The lowest BCUT2D eigenvalue weighted by molar-refractivity contribution is -0.119. The fraction of sp³-hybridized carbons (Fsp3) is 0.474. The number of hydrogen-bond donors (Lipinski definition) is 2. The molecule has 0 unspecified atom stereocenters. The highest BCUT2D eigenvalue weighted by Gasteiger charge is 2.22. The molecule has 1 heterocycles. The van der Waals surface area contributed by atoms with Crippen LogP contribution < -0.4 is 15.6 Å². The third-order valence-electron chi connectivity index (χ3n) is 4.83. The van der Waals surface area contributed by atoms with Crippen LogP contribution in [0.5, 0.6) is 5.75 Å². The van der Waals surface area contributed by atoms with Gasteiger partial charge in [0.2, 0.25) is 5.91 Å².